The highest BCUT2D eigenvalue weighted by atomic mass is 16.3. The van der Waals surface area contributed by atoms with Gasteiger partial charge in [0.1, 0.15) is 11.5 Å². The summed E-state index contributed by atoms with van der Waals surface area (Å²) in [5.41, 5.74) is 1.62. The molecule has 0 aliphatic rings. The first kappa shape index (κ1) is 11.9. The van der Waals surface area contributed by atoms with Gasteiger partial charge in [0.25, 0.3) is 0 Å². The maximum Gasteiger partial charge on any atom is 0.125 e. The van der Waals surface area contributed by atoms with Gasteiger partial charge >= 0.3 is 0 Å². The summed E-state index contributed by atoms with van der Waals surface area (Å²) >= 11 is 0. The minimum atomic E-state index is 0.0569. The lowest BCUT2D eigenvalue weighted by Gasteiger charge is -2.20. The maximum atomic E-state index is 9.97. The van der Waals surface area contributed by atoms with Crippen LogP contribution in [0.1, 0.15) is 38.8 Å². The molecule has 0 heterocycles. The molecule has 0 fully saturated rings. The third-order valence-electron chi connectivity index (χ3n) is 2.43. The average molecular weight is 208 g/mol. The fourth-order valence-corrected chi connectivity index (χ4v) is 1.66. The van der Waals surface area contributed by atoms with E-state index in [0.29, 0.717) is 12.0 Å². The SMILES string of the molecule is CCc1ccc(O)c(CC(C)(C)C)c1O. The van der Waals surface area contributed by atoms with Crippen molar-refractivity contribution < 1.29 is 10.2 Å². The summed E-state index contributed by atoms with van der Waals surface area (Å²) in [5, 5.41) is 19.7. The van der Waals surface area contributed by atoms with Gasteiger partial charge in [-0.25, -0.2) is 0 Å². The Morgan fingerprint density at radius 1 is 1.13 bits per heavy atom. The van der Waals surface area contributed by atoms with Gasteiger partial charge in [-0.3, -0.25) is 0 Å². The Balaban J connectivity index is 3.15. The zero-order valence-corrected chi connectivity index (χ0v) is 9.96. The van der Waals surface area contributed by atoms with E-state index in [4.69, 9.17) is 0 Å². The second-order valence-corrected chi connectivity index (χ2v) is 5.16. The quantitative estimate of drug-likeness (QED) is 0.783. The van der Waals surface area contributed by atoms with Crippen LogP contribution in [0.5, 0.6) is 11.5 Å². The molecule has 2 N–H and O–H groups in total. The van der Waals surface area contributed by atoms with E-state index in [1.165, 1.54) is 0 Å². The lowest BCUT2D eigenvalue weighted by atomic mass is 9.86. The van der Waals surface area contributed by atoms with Crippen LogP contribution in [0.4, 0.5) is 0 Å². The highest BCUT2D eigenvalue weighted by Gasteiger charge is 2.18. The number of aryl methyl sites for hydroxylation is 1. The number of phenols is 2. The van der Waals surface area contributed by atoms with Crippen LogP contribution < -0.4 is 0 Å². The molecule has 0 radical (unpaired) electrons. The Kier molecular flexibility index (Phi) is 3.28. The third kappa shape index (κ3) is 2.88. The van der Waals surface area contributed by atoms with Gasteiger partial charge in [0.15, 0.2) is 0 Å². The highest BCUT2D eigenvalue weighted by Crippen LogP contribution is 2.35. The summed E-state index contributed by atoms with van der Waals surface area (Å²) in [5.74, 6) is 0.451. The van der Waals surface area contributed by atoms with Gasteiger partial charge in [0.2, 0.25) is 0 Å². The normalized spacial score (nSPS) is 11.7. The molecule has 1 aromatic rings. The predicted molar refractivity (Wildman–Crippen MR) is 62.3 cm³/mol. The molecule has 0 aliphatic carbocycles. The molecule has 1 rings (SSSR count). The molecule has 0 atom stereocenters. The van der Waals surface area contributed by atoms with E-state index in [9.17, 15) is 10.2 Å². The maximum absolute atomic E-state index is 9.97. The van der Waals surface area contributed by atoms with Gasteiger partial charge in [-0.15, -0.1) is 0 Å². The number of benzene rings is 1. The molecule has 0 spiro atoms. The minimum Gasteiger partial charge on any atom is -0.508 e. The summed E-state index contributed by atoms with van der Waals surface area (Å²) < 4.78 is 0. The topological polar surface area (TPSA) is 40.5 Å². The van der Waals surface area contributed by atoms with E-state index in [-0.39, 0.29) is 16.9 Å². The van der Waals surface area contributed by atoms with Crippen LogP contribution in [-0.4, -0.2) is 10.2 Å². The highest BCUT2D eigenvalue weighted by molar-refractivity contribution is 5.49. The summed E-state index contributed by atoms with van der Waals surface area (Å²) in [6.07, 6.45) is 1.46. The Labute approximate surface area is 91.6 Å². The zero-order valence-electron chi connectivity index (χ0n) is 9.96. The summed E-state index contributed by atoms with van der Waals surface area (Å²) in [4.78, 5) is 0. The molecule has 0 amide bonds. The van der Waals surface area contributed by atoms with Crippen molar-refractivity contribution in [3.63, 3.8) is 0 Å². The molecule has 0 bridgehead atoms. The van der Waals surface area contributed by atoms with E-state index >= 15 is 0 Å². The lowest BCUT2D eigenvalue weighted by Crippen LogP contribution is -2.10. The van der Waals surface area contributed by atoms with Crippen LogP contribution in [-0.2, 0) is 12.8 Å². The Morgan fingerprint density at radius 3 is 2.20 bits per heavy atom. The Bertz CT molecular complexity index is 348. The molecular weight excluding hydrogens is 188 g/mol. The second kappa shape index (κ2) is 4.13. The smallest absolute Gasteiger partial charge is 0.125 e. The van der Waals surface area contributed by atoms with E-state index in [1.807, 2.05) is 6.92 Å². The van der Waals surface area contributed by atoms with Crippen molar-refractivity contribution in [3.05, 3.63) is 23.3 Å². The monoisotopic (exact) mass is 208 g/mol. The number of aromatic hydroxyl groups is 2. The minimum absolute atomic E-state index is 0.0569. The zero-order chi connectivity index (χ0) is 11.6. The molecule has 15 heavy (non-hydrogen) atoms. The fraction of sp³-hybridized carbons (Fsp3) is 0.538. The first-order valence-corrected chi connectivity index (χ1v) is 5.38. The van der Waals surface area contributed by atoms with E-state index in [2.05, 4.69) is 20.8 Å². The van der Waals surface area contributed by atoms with Crippen molar-refractivity contribution in [2.24, 2.45) is 5.41 Å². The molecule has 1 aromatic carbocycles. The number of phenolic OH excluding ortho intramolecular Hbond substituents is 2. The van der Waals surface area contributed by atoms with Gasteiger partial charge in [0, 0.05) is 5.56 Å². The van der Waals surface area contributed by atoms with E-state index in [1.54, 1.807) is 12.1 Å². The van der Waals surface area contributed by atoms with Gasteiger partial charge in [0.05, 0.1) is 0 Å². The first-order chi connectivity index (χ1) is 6.85. The molecule has 2 nitrogen and oxygen atoms in total. The van der Waals surface area contributed by atoms with Crippen LogP contribution >= 0.6 is 0 Å². The van der Waals surface area contributed by atoms with Crippen molar-refractivity contribution in [2.45, 2.75) is 40.5 Å². The van der Waals surface area contributed by atoms with E-state index in [0.717, 1.165) is 12.0 Å². The molecule has 0 aromatic heterocycles. The molecule has 0 saturated heterocycles. The number of hydrogen-bond donors (Lipinski definition) is 2. The van der Waals surface area contributed by atoms with Crippen LogP contribution in [0.25, 0.3) is 0 Å². The van der Waals surface area contributed by atoms with Crippen LogP contribution in [0.3, 0.4) is 0 Å². The van der Waals surface area contributed by atoms with Crippen LogP contribution in [0.2, 0.25) is 0 Å². The lowest BCUT2D eigenvalue weighted by molar-refractivity contribution is 0.375. The van der Waals surface area contributed by atoms with Gasteiger partial charge in [-0.1, -0.05) is 33.8 Å². The van der Waals surface area contributed by atoms with Crippen LogP contribution in [0, 0.1) is 5.41 Å². The van der Waals surface area contributed by atoms with Gasteiger partial charge in [-0.2, -0.15) is 0 Å². The van der Waals surface area contributed by atoms with Crippen molar-refractivity contribution in [3.8, 4) is 11.5 Å². The summed E-state index contributed by atoms with van der Waals surface area (Å²) in [7, 11) is 0. The van der Waals surface area contributed by atoms with Crippen LogP contribution in [0.15, 0.2) is 12.1 Å². The molecular formula is C13H20O2. The molecule has 84 valence electrons. The Morgan fingerprint density at radius 2 is 1.73 bits per heavy atom. The molecule has 0 aliphatic heterocycles. The van der Waals surface area contributed by atoms with Gasteiger partial charge < -0.3 is 10.2 Å². The second-order valence-electron chi connectivity index (χ2n) is 5.16. The van der Waals surface area contributed by atoms with Crippen molar-refractivity contribution in [1.82, 2.24) is 0 Å². The molecule has 0 saturated carbocycles. The predicted octanol–water partition coefficient (Wildman–Crippen LogP) is 3.25. The van der Waals surface area contributed by atoms with Gasteiger partial charge in [-0.05, 0) is 29.9 Å². The molecule has 0 unspecified atom stereocenters. The Hall–Kier alpha value is -1.18. The number of hydrogen-bond acceptors (Lipinski definition) is 2. The number of rotatable bonds is 2. The first-order valence-electron chi connectivity index (χ1n) is 5.38. The van der Waals surface area contributed by atoms with Crippen molar-refractivity contribution in [2.75, 3.05) is 0 Å². The summed E-state index contributed by atoms with van der Waals surface area (Å²) in [6.45, 7) is 8.26. The largest absolute Gasteiger partial charge is 0.508 e. The third-order valence-corrected chi connectivity index (χ3v) is 2.43. The molecule has 2 heteroatoms. The van der Waals surface area contributed by atoms with E-state index < -0.39 is 0 Å². The van der Waals surface area contributed by atoms with Crippen molar-refractivity contribution >= 4 is 0 Å². The average Bonchev–Trinajstić information content (AvgIpc) is 2.11. The fourth-order valence-electron chi connectivity index (χ4n) is 1.66. The standard InChI is InChI=1S/C13H20O2/c1-5-9-6-7-11(14)10(12(9)15)8-13(2,3)4/h6-7,14-15H,5,8H2,1-4H3. The van der Waals surface area contributed by atoms with Crippen molar-refractivity contribution in [1.29, 1.82) is 0 Å². The summed E-state index contributed by atoms with van der Waals surface area (Å²) in [6, 6.07) is 3.44.